The summed E-state index contributed by atoms with van der Waals surface area (Å²) in [5.74, 6) is -1.84. The predicted molar refractivity (Wildman–Crippen MR) is 65.8 cm³/mol. The topological polar surface area (TPSA) is 99.6 Å². The molecule has 1 aliphatic heterocycles. The Morgan fingerprint density at radius 1 is 1.53 bits per heavy atom. The summed E-state index contributed by atoms with van der Waals surface area (Å²) in [7, 11) is 0. The first kappa shape index (κ1) is 13.0. The summed E-state index contributed by atoms with van der Waals surface area (Å²) < 4.78 is 0. The quantitative estimate of drug-likeness (QED) is 0.746. The molecule has 1 aromatic heterocycles. The highest BCUT2D eigenvalue weighted by atomic mass is 16.4. The van der Waals surface area contributed by atoms with Gasteiger partial charge in [0.15, 0.2) is 0 Å². The molecule has 7 heteroatoms. The molecule has 0 radical (unpaired) electrons. The van der Waals surface area contributed by atoms with E-state index in [1.807, 2.05) is 6.92 Å². The Hall–Kier alpha value is -2.44. The lowest BCUT2D eigenvalue weighted by Crippen LogP contribution is -2.58. The summed E-state index contributed by atoms with van der Waals surface area (Å²) in [6.45, 7) is 1.89. The van der Waals surface area contributed by atoms with Crippen LogP contribution in [0.25, 0.3) is 0 Å². The van der Waals surface area contributed by atoms with E-state index in [1.54, 1.807) is 11.0 Å². The SMILES string of the molecule is CCC1C(=O)NC(=O)CN1c1ccc(C(=O)O)nc1. The zero-order valence-electron chi connectivity index (χ0n) is 10.3. The molecule has 2 amide bonds. The van der Waals surface area contributed by atoms with Gasteiger partial charge in [-0.15, -0.1) is 0 Å². The number of aromatic nitrogens is 1. The van der Waals surface area contributed by atoms with Crippen LogP contribution in [0.1, 0.15) is 23.8 Å². The average molecular weight is 263 g/mol. The third-order valence-corrected chi connectivity index (χ3v) is 2.94. The van der Waals surface area contributed by atoms with Gasteiger partial charge in [0.2, 0.25) is 11.8 Å². The lowest BCUT2D eigenvalue weighted by Gasteiger charge is -2.34. The number of imide groups is 1. The Morgan fingerprint density at radius 3 is 2.79 bits per heavy atom. The van der Waals surface area contributed by atoms with Gasteiger partial charge in [-0.25, -0.2) is 9.78 Å². The maximum atomic E-state index is 11.7. The standard InChI is InChI=1S/C12H13N3O4/c1-2-9-11(17)14-10(16)6-15(9)7-3-4-8(12(18)19)13-5-7/h3-5,9H,2,6H2,1H3,(H,18,19)(H,14,16,17). The number of carboxylic acid groups (broad SMARTS) is 1. The van der Waals surface area contributed by atoms with Crippen molar-refractivity contribution >= 4 is 23.5 Å². The molecule has 0 bridgehead atoms. The summed E-state index contributed by atoms with van der Waals surface area (Å²) in [6.07, 6.45) is 1.90. The number of carboxylic acids is 1. The van der Waals surface area contributed by atoms with Crippen molar-refractivity contribution in [1.29, 1.82) is 0 Å². The van der Waals surface area contributed by atoms with Gasteiger partial charge in [-0.2, -0.15) is 0 Å². The smallest absolute Gasteiger partial charge is 0.354 e. The predicted octanol–water partition coefficient (Wildman–Crippen LogP) is 0.0212. The monoisotopic (exact) mass is 263 g/mol. The molecule has 1 fully saturated rings. The van der Waals surface area contributed by atoms with Crippen molar-refractivity contribution in [3.63, 3.8) is 0 Å². The molecular weight excluding hydrogens is 250 g/mol. The van der Waals surface area contributed by atoms with E-state index in [-0.39, 0.29) is 24.1 Å². The number of hydrogen-bond acceptors (Lipinski definition) is 5. The van der Waals surface area contributed by atoms with Crippen LogP contribution in [0.5, 0.6) is 0 Å². The van der Waals surface area contributed by atoms with Crippen LogP contribution >= 0.6 is 0 Å². The number of amides is 2. The van der Waals surface area contributed by atoms with Crippen LogP contribution in [0, 0.1) is 0 Å². The Bertz CT molecular complexity index is 526. The van der Waals surface area contributed by atoms with E-state index >= 15 is 0 Å². The fourth-order valence-corrected chi connectivity index (χ4v) is 2.03. The van der Waals surface area contributed by atoms with Gasteiger partial charge in [0.05, 0.1) is 18.4 Å². The third kappa shape index (κ3) is 2.54. The van der Waals surface area contributed by atoms with Gasteiger partial charge in [-0.05, 0) is 18.6 Å². The minimum atomic E-state index is -1.12. The lowest BCUT2D eigenvalue weighted by atomic mass is 10.1. The summed E-state index contributed by atoms with van der Waals surface area (Å²) >= 11 is 0. The Balaban J connectivity index is 2.29. The number of carbonyl (C=O) groups is 3. The van der Waals surface area contributed by atoms with Gasteiger partial charge >= 0.3 is 5.97 Å². The fourth-order valence-electron chi connectivity index (χ4n) is 2.03. The number of rotatable bonds is 3. The summed E-state index contributed by atoms with van der Waals surface area (Å²) in [4.78, 5) is 39.2. The van der Waals surface area contributed by atoms with E-state index in [0.29, 0.717) is 12.1 Å². The van der Waals surface area contributed by atoms with Gasteiger partial charge in [0.25, 0.3) is 0 Å². The normalized spacial score (nSPS) is 19.2. The van der Waals surface area contributed by atoms with Gasteiger partial charge in [0, 0.05) is 0 Å². The van der Waals surface area contributed by atoms with Crippen molar-refractivity contribution < 1.29 is 19.5 Å². The largest absolute Gasteiger partial charge is 0.477 e. The second kappa shape index (κ2) is 5.05. The molecule has 1 aromatic rings. The van der Waals surface area contributed by atoms with Crippen LogP contribution in [0.3, 0.4) is 0 Å². The zero-order chi connectivity index (χ0) is 14.0. The Kier molecular flexibility index (Phi) is 3.46. The molecule has 0 aliphatic carbocycles. The highest BCUT2D eigenvalue weighted by Crippen LogP contribution is 2.20. The van der Waals surface area contributed by atoms with E-state index in [1.165, 1.54) is 12.3 Å². The number of nitrogens with one attached hydrogen (secondary N) is 1. The molecule has 1 aliphatic rings. The summed E-state index contributed by atoms with van der Waals surface area (Å²) in [5, 5.41) is 11.0. The third-order valence-electron chi connectivity index (χ3n) is 2.94. The molecule has 1 unspecified atom stereocenters. The van der Waals surface area contributed by atoms with Crippen LogP contribution in [-0.2, 0) is 9.59 Å². The number of pyridine rings is 1. The first-order valence-corrected chi connectivity index (χ1v) is 5.82. The van der Waals surface area contributed by atoms with Crippen molar-refractivity contribution in [2.45, 2.75) is 19.4 Å². The first-order valence-electron chi connectivity index (χ1n) is 5.82. The molecule has 2 rings (SSSR count). The van der Waals surface area contributed by atoms with Crippen molar-refractivity contribution in [2.24, 2.45) is 0 Å². The fraction of sp³-hybridized carbons (Fsp3) is 0.333. The number of carbonyl (C=O) groups excluding carboxylic acids is 2. The van der Waals surface area contributed by atoms with Crippen molar-refractivity contribution in [3.8, 4) is 0 Å². The average Bonchev–Trinajstić information content (AvgIpc) is 2.38. The number of anilines is 1. The van der Waals surface area contributed by atoms with E-state index < -0.39 is 12.0 Å². The molecule has 2 N–H and O–H groups in total. The molecular formula is C12H13N3O4. The Labute approximate surface area is 109 Å². The summed E-state index contributed by atoms with van der Waals surface area (Å²) in [5.41, 5.74) is 0.477. The maximum Gasteiger partial charge on any atom is 0.354 e. The first-order chi connectivity index (χ1) is 9.02. The highest BCUT2D eigenvalue weighted by Gasteiger charge is 2.32. The van der Waals surface area contributed by atoms with E-state index in [4.69, 9.17) is 5.11 Å². The summed E-state index contributed by atoms with van der Waals surface area (Å²) in [6, 6.07) is 2.45. The van der Waals surface area contributed by atoms with Gasteiger partial charge in [0.1, 0.15) is 11.7 Å². The maximum absolute atomic E-state index is 11.7. The number of hydrogen-bond donors (Lipinski definition) is 2. The second-order valence-electron chi connectivity index (χ2n) is 4.17. The number of piperazine rings is 1. The van der Waals surface area contributed by atoms with Gasteiger partial charge in [-0.3, -0.25) is 14.9 Å². The molecule has 1 saturated heterocycles. The van der Waals surface area contributed by atoms with Crippen LogP contribution in [0.2, 0.25) is 0 Å². The number of aromatic carboxylic acids is 1. The van der Waals surface area contributed by atoms with E-state index in [9.17, 15) is 14.4 Å². The van der Waals surface area contributed by atoms with Crippen LogP contribution in [-0.4, -0.2) is 40.5 Å². The van der Waals surface area contributed by atoms with Crippen LogP contribution < -0.4 is 10.2 Å². The van der Waals surface area contributed by atoms with Crippen molar-refractivity contribution in [2.75, 3.05) is 11.4 Å². The highest BCUT2D eigenvalue weighted by molar-refractivity contribution is 6.04. The zero-order valence-corrected chi connectivity index (χ0v) is 10.3. The van der Waals surface area contributed by atoms with Crippen molar-refractivity contribution in [1.82, 2.24) is 10.3 Å². The van der Waals surface area contributed by atoms with Crippen LogP contribution in [0.15, 0.2) is 18.3 Å². The van der Waals surface area contributed by atoms with Gasteiger partial charge < -0.3 is 10.0 Å². The molecule has 1 atom stereocenters. The molecule has 7 nitrogen and oxygen atoms in total. The molecule has 0 aromatic carbocycles. The lowest BCUT2D eigenvalue weighted by molar-refractivity contribution is -0.132. The molecule has 100 valence electrons. The van der Waals surface area contributed by atoms with E-state index in [2.05, 4.69) is 10.3 Å². The van der Waals surface area contributed by atoms with Crippen molar-refractivity contribution in [3.05, 3.63) is 24.0 Å². The van der Waals surface area contributed by atoms with Crippen LogP contribution in [0.4, 0.5) is 5.69 Å². The number of nitrogens with zero attached hydrogens (tertiary/aromatic N) is 2. The molecule has 19 heavy (non-hydrogen) atoms. The minimum absolute atomic E-state index is 0.0539. The van der Waals surface area contributed by atoms with Gasteiger partial charge in [-0.1, -0.05) is 6.92 Å². The second-order valence-corrected chi connectivity index (χ2v) is 4.17. The minimum Gasteiger partial charge on any atom is -0.477 e. The van der Waals surface area contributed by atoms with E-state index in [0.717, 1.165) is 0 Å². The molecule has 0 saturated carbocycles. The molecule has 0 spiro atoms. The molecule has 2 heterocycles. The Morgan fingerprint density at radius 2 is 2.26 bits per heavy atom.